The van der Waals surface area contributed by atoms with Gasteiger partial charge in [-0.1, -0.05) is 40.5 Å². The minimum Gasteiger partial charge on any atom is -0.369 e. The highest BCUT2D eigenvalue weighted by Gasteiger charge is 2.19. The van der Waals surface area contributed by atoms with Crippen LogP contribution in [0, 0.1) is 0 Å². The van der Waals surface area contributed by atoms with Crippen molar-refractivity contribution < 1.29 is 0 Å². The van der Waals surface area contributed by atoms with Crippen molar-refractivity contribution in [2.75, 3.05) is 37.6 Å². The Morgan fingerprint density at radius 1 is 1.22 bits per heavy atom. The van der Waals surface area contributed by atoms with E-state index in [0.717, 1.165) is 36.5 Å². The van der Waals surface area contributed by atoms with E-state index < -0.39 is 0 Å². The zero-order valence-corrected chi connectivity index (χ0v) is 13.2. The third-order valence-electron chi connectivity index (χ3n) is 3.48. The quantitative estimate of drug-likeness (QED) is 0.775. The summed E-state index contributed by atoms with van der Waals surface area (Å²) >= 11 is 9.80. The first-order valence-corrected chi connectivity index (χ1v) is 8.07. The summed E-state index contributed by atoms with van der Waals surface area (Å²) in [5.41, 5.74) is 2.50. The van der Waals surface area contributed by atoms with Gasteiger partial charge in [0.15, 0.2) is 0 Å². The summed E-state index contributed by atoms with van der Waals surface area (Å²) in [4.78, 5) is 4.99. The van der Waals surface area contributed by atoms with Crippen LogP contribution in [0.3, 0.4) is 0 Å². The zero-order chi connectivity index (χ0) is 13.0. The van der Waals surface area contributed by atoms with Crippen molar-refractivity contribution in [2.45, 2.75) is 18.7 Å². The molecule has 2 nitrogen and oxygen atoms in total. The summed E-state index contributed by atoms with van der Waals surface area (Å²) in [5, 5.41) is 1.68. The van der Waals surface area contributed by atoms with Gasteiger partial charge < -0.3 is 4.90 Å². The molecule has 1 aromatic carbocycles. The van der Waals surface area contributed by atoms with Crippen LogP contribution in [0.1, 0.15) is 18.9 Å². The number of piperazine rings is 1. The second-order valence-corrected chi connectivity index (χ2v) is 5.67. The van der Waals surface area contributed by atoms with Crippen molar-refractivity contribution in [3.05, 3.63) is 28.8 Å². The van der Waals surface area contributed by atoms with E-state index >= 15 is 0 Å². The maximum Gasteiger partial charge on any atom is 0.0467 e. The van der Waals surface area contributed by atoms with Crippen LogP contribution in [0.25, 0.3) is 0 Å². The second-order valence-electron chi connectivity index (χ2n) is 4.70. The molecular weight excluding hydrogens is 312 g/mol. The van der Waals surface area contributed by atoms with Gasteiger partial charge in [0.2, 0.25) is 0 Å². The van der Waals surface area contributed by atoms with Crippen molar-refractivity contribution >= 4 is 33.2 Å². The number of anilines is 1. The van der Waals surface area contributed by atoms with Crippen LogP contribution in [0.4, 0.5) is 5.69 Å². The standard InChI is InChI=1S/C14H20BrClN2/c1-2-6-17-7-9-18(10-8-17)14-5-3-4-13(16)12(14)11-15/h3-5H,2,6-11H2,1H3. The van der Waals surface area contributed by atoms with Gasteiger partial charge in [0.05, 0.1) is 0 Å². The molecule has 1 saturated heterocycles. The minimum absolute atomic E-state index is 0.817. The number of alkyl halides is 1. The van der Waals surface area contributed by atoms with Crippen molar-refractivity contribution in [3.63, 3.8) is 0 Å². The average molecular weight is 332 g/mol. The number of benzene rings is 1. The van der Waals surface area contributed by atoms with Gasteiger partial charge in [-0.2, -0.15) is 0 Å². The molecule has 0 bridgehead atoms. The SMILES string of the molecule is CCCN1CCN(c2cccc(Cl)c2CBr)CC1. The predicted molar refractivity (Wildman–Crippen MR) is 83.0 cm³/mol. The van der Waals surface area contributed by atoms with Gasteiger partial charge in [-0.25, -0.2) is 0 Å². The minimum atomic E-state index is 0.817. The third kappa shape index (κ3) is 3.19. The summed E-state index contributed by atoms with van der Waals surface area (Å²) in [5.74, 6) is 0. The lowest BCUT2D eigenvalue weighted by Gasteiger charge is -2.37. The van der Waals surface area contributed by atoms with E-state index in [9.17, 15) is 0 Å². The molecule has 1 aromatic rings. The first-order valence-electron chi connectivity index (χ1n) is 6.57. The van der Waals surface area contributed by atoms with Crippen LogP contribution in [0.2, 0.25) is 5.02 Å². The highest BCUT2D eigenvalue weighted by atomic mass is 79.9. The Morgan fingerprint density at radius 2 is 1.94 bits per heavy atom. The van der Waals surface area contributed by atoms with Gasteiger partial charge in [-0.05, 0) is 25.1 Å². The maximum atomic E-state index is 6.26. The van der Waals surface area contributed by atoms with E-state index in [0.29, 0.717) is 0 Å². The monoisotopic (exact) mass is 330 g/mol. The summed E-state index contributed by atoms with van der Waals surface area (Å²) in [6.45, 7) is 7.96. The van der Waals surface area contributed by atoms with Crippen LogP contribution in [-0.4, -0.2) is 37.6 Å². The normalized spacial score (nSPS) is 17.2. The zero-order valence-electron chi connectivity index (χ0n) is 10.8. The molecule has 0 amide bonds. The van der Waals surface area contributed by atoms with E-state index in [1.165, 1.54) is 24.2 Å². The molecule has 0 saturated carbocycles. The predicted octanol–water partition coefficient (Wildman–Crippen LogP) is 3.77. The van der Waals surface area contributed by atoms with Crippen LogP contribution in [-0.2, 0) is 5.33 Å². The number of hydrogen-bond acceptors (Lipinski definition) is 2. The summed E-state index contributed by atoms with van der Waals surface area (Å²) in [6, 6.07) is 6.19. The molecule has 100 valence electrons. The Kier molecular flexibility index (Phi) is 5.34. The first-order chi connectivity index (χ1) is 8.76. The highest BCUT2D eigenvalue weighted by Crippen LogP contribution is 2.30. The molecule has 0 unspecified atom stereocenters. The van der Waals surface area contributed by atoms with Gasteiger partial charge >= 0.3 is 0 Å². The Labute approximate surface area is 123 Å². The fourth-order valence-corrected chi connectivity index (χ4v) is 3.49. The Morgan fingerprint density at radius 3 is 2.56 bits per heavy atom. The molecule has 0 atom stereocenters. The van der Waals surface area contributed by atoms with Crippen LogP contribution < -0.4 is 4.90 Å². The lowest BCUT2D eigenvalue weighted by Crippen LogP contribution is -2.46. The van der Waals surface area contributed by atoms with E-state index in [2.05, 4.69) is 38.7 Å². The highest BCUT2D eigenvalue weighted by molar-refractivity contribution is 9.08. The lowest BCUT2D eigenvalue weighted by molar-refractivity contribution is 0.258. The maximum absolute atomic E-state index is 6.26. The number of nitrogens with zero attached hydrogens (tertiary/aromatic N) is 2. The van der Waals surface area contributed by atoms with Gasteiger partial charge in [-0.3, -0.25) is 4.90 Å². The molecule has 1 aliphatic heterocycles. The smallest absolute Gasteiger partial charge is 0.0467 e. The number of hydrogen-bond donors (Lipinski definition) is 0. The Balaban J connectivity index is 2.07. The lowest BCUT2D eigenvalue weighted by atomic mass is 10.1. The third-order valence-corrected chi connectivity index (χ3v) is 4.40. The molecule has 4 heteroatoms. The second kappa shape index (κ2) is 6.78. The molecule has 18 heavy (non-hydrogen) atoms. The van der Waals surface area contributed by atoms with Gasteiger partial charge in [0.1, 0.15) is 0 Å². The Bertz CT molecular complexity index is 389. The largest absolute Gasteiger partial charge is 0.369 e. The van der Waals surface area contributed by atoms with E-state index in [4.69, 9.17) is 11.6 Å². The Hall–Kier alpha value is -0.250. The van der Waals surface area contributed by atoms with E-state index in [1.54, 1.807) is 0 Å². The summed E-state index contributed by atoms with van der Waals surface area (Å²) in [6.07, 6.45) is 1.24. The fraction of sp³-hybridized carbons (Fsp3) is 0.571. The molecule has 0 N–H and O–H groups in total. The molecule has 1 fully saturated rings. The summed E-state index contributed by atoms with van der Waals surface area (Å²) in [7, 11) is 0. The molecule has 0 spiro atoms. The molecule has 0 radical (unpaired) electrons. The molecule has 1 aliphatic rings. The van der Waals surface area contributed by atoms with Crippen molar-refractivity contribution in [3.8, 4) is 0 Å². The van der Waals surface area contributed by atoms with Crippen LogP contribution >= 0.6 is 27.5 Å². The van der Waals surface area contributed by atoms with Crippen LogP contribution in [0.5, 0.6) is 0 Å². The van der Waals surface area contributed by atoms with Crippen molar-refractivity contribution in [1.29, 1.82) is 0 Å². The molecule has 1 heterocycles. The fourth-order valence-electron chi connectivity index (χ4n) is 2.50. The van der Waals surface area contributed by atoms with Crippen molar-refractivity contribution in [2.24, 2.45) is 0 Å². The topological polar surface area (TPSA) is 6.48 Å². The van der Waals surface area contributed by atoms with Gasteiger partial charge in [0, 0.05) is 47.8 Å². The number of rotatable bonds is 4. The van der Waals surface area contributed by atoms with Gasteiger partial charge in [0.25, 0.3) is 0 Å². The first kappa shape index (κ1) is 14.2. The molecule has 0 aliphatic carbocycles. The molecule has 2 rings (SSSR count). The molecular formula is C14H20BrClN2. The van der Waals surface area contributed by atoms with E-state index in [-0.39, 0.29) is 0 Å². The van der Waals surface area contributed by atoms with Crippen LogP contribution in [0.15, 0.2) is 18.2 Å². The van der Waals surface area contributed by atoms with E-state index in [1.807, 2.05) is 12.1 Å². The van der Waals surface area contributed by atoms with Gasteiger partial charge in [-0.15, -0.1) is 0 Å². The van der Waals surface area contributed by atoms with Crippen molar-refractivity contribution in [1.82, 2.24) is 4.90 Å². The summed E-state index contributed by atoms with van der Waals surface area (Å²) < 4.78 is 0. The number of halogens is 2. The average Bonchev–Trinajstić information content (AvgIpc) is 2.40. The molecule has 0 aromatic heterocycles.